The van der Waals surface area contributed by atoms with E-state index in [0.29, 0.717) is 33.6 Å². The van der Waals surface area contributed by atoms with Crippen molar-refractivity contribution in [2.24, 2.45) is 0 Å². The maximum Gasteiger partial charge on any atom is 0.255 e. The van der Waals surface area contributed by atoms with Gasteiger partial charge in [0.2, 0.25) is 11.9 Å². The minimum Gasteiger partial charge on any atom is -0.497 e. The van der Waals surface area contributed by atoms with Crippen molar-refractivity contribution in [3.05, 3.63) is 88.6 Å². The van der Waals surface area contributed by atoms with E-state index in [1.165, 1.54) is 0 Å². The molecule has 0 aliphatic carbocycles. The molecule has 1 aliphatic rings. The van der Waals surface area contributed by atoms with Crippen molar-refractivity contribution in [1.29, 1.82) is 0 Å². The fraction of sp³-hybridized carbons (Fsp3) is 0.111. The van der Waals surface area contributed by atoms with Crippen LogP contribution in [0, 0.1) is 6.92 Å². The van der Waals surface area contributed by atoms with E-state index in [0.717, 1.165) is 28.1 Å². The molecule has 180 valence electrons. The Kier molecular flexibility index (Phi) is 6.26. The van der Waals surface area contributed by atoms with Gasteiger partial charge < -0.3 is 20.7 Å². The third kappa shape index (κ3) is 4.85. The standard InChI is InChI=1S/C27H22ClN5O3/c1-15-11-20(36-2)8-10-22(15)32-26(35)16-3-6-19(7-4-16)30-27-29-14-17-12-24(34)31-23-13-18(28)5-9-21(23)25(17)33-27/h3-11,13-14H,12H2,1-2H3,(H,31,34)(H,32,35)(H,29,30,33). The van der Waals surface area contributed by atoms with Crippen molar-refractivity contribution in [3.8, 4) is 17.0 Å². The van der Waals surface area contributed by atoms with E-state index >= 15 is 0 Å². The number of nitrogens with zero attached hydrogens (tertiary/aromatic N) is 2. The van der Waals surface area contributed by atoms with Crippen molar-refractivity contribution in [2.75, 3.05) is 23.1 Å². The predicted molar refractivity (Wildman–Crippen MR) is 140 cm³/mol. The van der Waals surface area contributed by atoms with E-state index in [1.54, 1.807) is 55.8 Å². The molecule has 0 saturated heterocycles. The van der Waals surface area contributed by atoms with Crippen LogP contribution in [0.3, 0.4) is 0 Å². The second-order valence-corrected chi connectivity index (χ2v) is 8.76. The summed E-state index contributed by atoms with van der Waals surface area (Å²) in [6.07, 6.45) is 1.81. The summed E-state index contributed by atoms with van der Waals surface area (Å²) in [6, 6.07) is 17.8. The molecule has 9 heteroatoms. The zero-order valence-electron chi connectivity index (χ0n) is 19.6. The zero-order chi connectivity index (χ0) is 25.2. The minimum atomic E-state index is -0.219. The Labute approximate surface area is 212 Å². The number of methoxy groups -OCH3 is 1. The summed E-state index contributed by atoms with van der Waals surface area (Å²) in [5.41, 5.74) is 5.60. The number of amides is 2. The summed E-state index contributed by atoms with van der Waals surface area (Å²) in [4.78, 5) is 34.0. The van der Waals surface area contributed by atoms with Gasteiger partial charge in [0.05, 0.1) is 24.9 Å². The van der Waals surface area contributed by atoms with Crippen molar-refractivity contribution in [2.45, 2.75) is 13.3 Å². The molecule has 0 saturated carbocycles. The molecule has 0 spiro atoms. The predicted octanol–water partition coefficient (Wildman–Crippen LogP) is 5.60. The van der Waals surface area contributed by atoms with Gasteiger partial charge in [-0.05, 0) is 73.2 Å². The lowest BCUT2D eigenvalue weighted by atomic mass is 10.1. The van der Waals surface area contributed by atoms with Gasteiger partial charge in [-0.1, -0.05) is 11.6 Å². The number of aromatic nitrogens is 2. The first kappa shape index (κ1) is 23.3. The number of nitrogens with one attached hydrogen (secondary N) is 3. The second-order valence-electron chi connectivity index (χ2n) is 8.32. The van der Waals surface area contributed by atoms with Gasteiger partial charge >= 0.3 is 0 Å². The molecular formula is C27H22ClN5O3. The normalized spacial score (nSPS) is 12.0. The smallest absolute Gasteiger partial charge is 0.255 e. The fourth-order valence-corrected chi connectivity index (χ4v) is 4.13. The number of ether oxygens (including phenoxy) is 1. The largest absolute Gasteiger partial charge is 0.497 e. The molecule has 0 fully saturated rings. The highest BCUT2D eigenvalue weighted by Crippen LogP contribution is 2.35. The third-order valence-corrected chi connectivity index (χ3v) is 6.05. The van der Waals surface area contributed by atoms with Crippen LogP contribution in [-0.2, 0) is 11.2 Å². The third-order valence-electron chi connectivity index (χ3n) is 5.81. The number of carbonyl (C=O) groups excluding carboxylic acids is 2. The summed E-state index contributed by atoms with van der Waals surface area (Å²) < 4.78 is 5.21. The number of anilines is 4. The molecular weight excluding hydrogens is 478 g/mol. The lowest BCUT2D eigenvalue weighted by Crippen LogP contribution is -2.13. The average Bonchev–Trinajstić information content (AvgIpc) is 3.00. The first-order valence-electron chi connectivity index (χ1n) is 11.2. The number of halogens is 1. The summed E-state index contributed by atoms with van der Waals surface area (Å²) in [7, 11) is 1.60. The number of hydrogen-bond acceptors (Lipinski definition) is 6. The minimum absolute atomic E-state index is 0.153. The highest BCUT2D eigenvalue weighted by atomic mass is 35.5. The van der Waals surface area contributed by atoms with Gasteiger partial charge in [-0.3, -0.25) is 9.59 Å². The summed E-state index contributed by atoms with van der Waals surface area (Å²) in [5, 5.41) is 9.48. The molecule has 3 aromatic carbocycles. The molecule has 8 nitrogen and oxygen atoms in total. The van der Waals surface area contributed by atoms with Gasteiger partial charge in [0.15, 0.2) is 0 Å². The van der Waals surface area contributed by atoms with E-state index < -0.39 is 0 Å². The molecule has 36 heavy (non-hydrogen) atoms. The Morgan fingerprint density at radius 3 is 2.64 bits per heavy atom. The van der Waals surface area contributed by atoms with Crippen LogP contribution in [0.25, 0.3) is 11.3 Å². The maximum atomic E-state index is 12.7. The Morgan fingerprint density at radius 2 is 1.89 bits per heavy atom. The lowest BCUT2D eigenvalue weighted by Gasteiger charge is -2.12. The summed E-state index contributed by atoms with van der Waals surface area (Å²) >= 11 is 6.11. The second kappa shape index (κ2) is 9.67. The topological polar surface area (TPSA) is 105 Å². The molecule has 0 radical (unpaired) electrons. The van der Waals surface area contributed by atoms with Gasteiger partial charge in [0.25, 0.3) is 5.91 Å². The highest BCUT2D eigenvalue weighted by molar-refractivity contribution is 6.31. The van der Waals surface area contributed by atoms with E-state index in [-0.39, 0.29) is 18.2 Å². The van der Waals surface area contributed by atoms with Gasteiger partial charge in [0.1, 0.15) is 5.75 Å². The molecule has 3 N–H and O–H groups in total. The molecule has 0 unspecified atom stereocenters. The summed E-state index contributed by atoms with van der Waals surface area (Å²) in [6.45, 7) is 1.91. The van der Waals surface area contributed by atoms with Gasteiger partial charge in [-0.2, -0.15) is 0 Å². The average molecular weight is 500 g/mol. The SMILES string of the molecule is COc1ccc(NC(=O)c2ccc(Nc3ncc4c(n3)-c3ccc(Cl)cc3NC(=O)C4)cc2)c(C)c1. The first-order chi connectivity index (χ1) is 17.4. The molecule has 5 rings (SSSR count). The molecule has 0 bridgehead atoms. The van der Waals surface area contributed by atoms with Crippen LogP contribution in [0.4, 0.5) is 23.0 Å². The summed E-state index contributed by atoms with van der Waals surface area (Å²) in [5.74, 6) is 0.731. The van der Waals surface area contributed by atoms with Crippen molar-refractivity contribution < 1.29 is 14.3 Å². The molecule has 2 heterocycles. The Balaban J connectivity index is 1.34. The number of hydrogen-bond donors (Lipinski definition) is 3. The van der Waals surface area contributed by atoms with E-state index in [9.17, 15) is 9.59 Å². The molecule has 1 aliphatic heterocycles. The molecule has 0 atom stereocenters. The highest BCUT2D eigenvalue weighted by Gasteiger charge is 2.21. The zero-order valence-corrected chi connectivity index (χ0v) is 20.3. The van der Waals surface area contributed by atoms with Crippen LogP contribution < -0.4 is 20.7 Å². The number of carbonyl (C=O) groups is 2. The van der Waals surface area contributed by atoms with Gasteiger partial charge in [-0.15, -0.1) is 0 Å². The van der Waals surface area contributed by atoms with Crippen LogP contribution in [0.15, 0.2) is 66.9 Å². The number of aryl methyl sites for hydroxylation is 1. The Bertz CT molecular complexity index is 1490. The van der Waals surface area contributed by atoms with Crippen LogP contribution in [0.2, 0.25) is 5.02 Å². The van der Waals surface area contributed by atoms with Crippen LogP contribution in [0.1, 0.15) is 21.5 Å². The van der Waals surface area contributed by atoms with Crippen molar-refractivity contribution in [1.82, 2.24) is 9.97 Å². The molecule has 1 aromatic heterocycles. The quantitative estimate of drug-likeness (QED) is 0.330. The van der Waals surface area contributed by atoms with E-state index in [1.807, 2.05) is 25.1 Å². The van der Waals surface area contributed by atoms with Crippen LogP contribution in [-0.4, -0.2) is 28.9 Å². The fourth-order valence-electron chi connectivity index (χ4n) is 3.96. The van der Waals surface area contributed by atoms with Gasteiger partial charge in [0, 0.05) is 39.3 Å². The van der Waals surface area contributed by atoms with Crippen molar-refractivity contribution in [3.63, 3.8) is 0 Å². The van der Waals surface area contributed by atoms with E-state index in [2.05, 4.69) is 25.9 Å². The van der Waals surface area contributed by atoms with Gasteiger partial charge in [-0.25, -0.2) is 9.97 Å². The monoisotopic (exact) mass is 499 g/mol. The number of fused-ring (bicyclic) bond motifs is 3. The first-order valence-corrected chi connectivity index (χ1v) is 11.6. The lowest BCUT2D eigenvalue weighted by molar-refractivity contribution is -0.115. The Hall–Kier alpha value is -4.43. The van der Waals surface area contributed by atoms with Crippen LogP contribution >= 0.6 is 11.6 Å². The van der Waals surface area contributed by atoms with E-state index in [4.69, 9.17) is 16.3 Å². The maximum absolute atomic E-state index is 12.7. The van der Waals surface area contributed by atoms with Crippen LogP contribution in [0.5, 0.6) is 5.75 Å². The molecule has 2 amide bonds. The number of rotatable bonds is 5. The van der Waals surface area contributed by atoms with Crippen molar-refractivity contribution >= 4 is 46.4 Å². The molecule has 4 aromatic rings. The Morgan fingerprint density at radius 1 is 1.08 bits per heavy atom. The number of benzene rings is 3.